The van der Waals surface area contributed by atoms with Crippen molar-refractivity contribution in [3.05, 3.63) is 35.4 Å². The number of nitrogens with two attached hydrogens (primary N) is 1. The van der Waals surface area contributed by atoms with E-state index in [9.17, 15) is 18.0 Å². The number of rotatable bonds is 4. The summed E-state index contributed by atoms with van der Waals surface area (Å²) in [5.74, 6) is -1.08. The highest BCUT2D eigenvalue weighted by Crippen LogP contribution is 2.26. The SMILES string of the molecule is N[C@@H](CCC(F)(F)F)c1ccc(C(=O)O)cc1. The van der Waals surface area contributed by atoms with Gasteiger partial charge in [-0.25, -0.2) is 4.79 Å². The van der Waals surface area contributed by atoms with E-state index in [0.717, 1.165) is 0 Å². The Bertz CT molecular complexity index is 387. The number of carboxylic acids is 1. The molecule has 0 aliphatic heterocycles. The van der Waals surface area contributed by atoms with Crippen LogP contribution in [-0.2, 0) is 0 Å². The molecule has 0 aliphatic rings. The topological polar surface area (TPSA) is 63.3 Å². The molecule has 3 N–H and O–H groups in total. The van der Waals surface area contributed by atoms with E-state index in [0.29, 0.717) is 5.56 Å². The molecule has 3 nitrogen and oxygen atoms in total. The minimum atomic E-state index is -4.22. The first-order chi connectivity index (χ1) is 7.79. The molecule has 94 valence electrons. The Morgan fingerprint density at radius 2 is 1.82 bits per heavy atom. The molecule has 0 amide bonds. The predicted molar refractivity (Wildman–Crippen MR) is 55.6 cm³/mol. The van der Waals surface area contributed by atoms with Crippen molar-refractivity contribution in [2.75, 3.05) is 0 Å². The van der Waals surface area contributed by atoms with Gasteiger partial charge in [0.25, 0.3) is 0 Å². The molecule has 0 saturated carbocycles. The van der Waals surface area contributed by atoms with E-state index in [-0.39, 0.29) is 12.0 Å². The van der Waals surface area contributed by atoms with E-state index in [1.54, 1.807) is 0 Å². The molecule has 0 bridgehead atoms. The van der Waals surface area contributed by atoms with Gasteiger partial charge in [-0.1, -0.05) is 12.1 Å². The Kier molecular flexibility index (Phi) is 4.11. The largest absolute Gasteiger partial charge is 0.478 e. The summed E-state index contributed by atoms with van der Waals surface area (Å²) in [6.07, 6.45) is -5.39. The van der Waals surface area contributed by atoms with Crippen LogP contribution in [0.3, 0.4) is 0 Å². The van der Waals surface area contributed by atoms with E-state index < -0.39 is 24.6 Å². The van der Waals surface area contributed by atoms with E-state index >= 15 is 0 Å². The van der Waals surface area contributed by atoms with E-state index in [4.69, 9.17) is 10.8 Å². The zero-order chi connectivity index (χ0) is 13.1. The van der Waals surface area contributed by atoms with Crippen LogP contribution in [0, 0.1) is 0 Å². The molecule has 1 atom stereocenters. The van der Waals surface area contributed by atoms with Crippen molar-refractivity contribution in [2.45, 2.75) is 25.1 Å². The number of aromatic carboxylic acids is 1. The first-order valence-electron chi connectivity index (χ1n) is 4.95. The number of alkyl halides is 3. The molecule has 17 heavy (non-hydrogen) atoms. The summed E-state index contributed by atoms with van der Waals surface area (Å²) in [5.41, 5.74) is 6.16. The summed E-state index contributed by atoms with van der Waals surface area (Å²) < 4.78 is 35.9. The lowest BCUT2D eigenvalue weighted by Crippen LogP contribution is -2.15. The highest BCUT2D eigenvalue weighted by molar-refractivity contribution is 5.87. The van der Waals surface area contributed by atoms with Gasteiger partial charge < -0.3 is 10.8 Å². The second kappa shape index (κ2) is 5.18. The average molecular weight is 247 g/mol. The molecule has 1 aromatic carbocycles. The van der Waals surface area contributed by atoms with E-state index in [2.05, 4.69) is 0 Å². The summed E-state index contributed by atoms with van der Waals surface area (Å²) in [6, 6.07) is 4.78. The fourth-order valence-corrected chi connectivity index (χ4v) is 1.36. The summed E-state index contributed by atoms with van der Waals surface area (Å²) in [7, 11) is 0. The van der Waals surface area contributed by atoms with Gasteiger partial charge in [-0.15, -0.1) is 0 Å². The molecule has 0 aliphatic carbocycles. The van der Waals surface area contributed by atoms with Gasteiger partial charge in [-0.2, -0.15) is 13.2 Å². The zero-order valence-electron chi connectivity index (χ0n) is 8.87. The van der Waals surface area contributed by atoms with Crippen LogP contribution >= 0.6 is 0 Å². The normalized spacial score (nSPS) is 13.4. The maximum Gasteiger partial charge on any atom is 0.389 e. The Morgan fingerprint density at radius 1 is 1.29 bits per heavy atom. The third-order valence-corrected chi connectivity index (χ3v) is 2.32. The summed E-state index contributed by atoms with van der Waals surface area (Å²) in [4.78, 5) is 10.6. The molecular formula is C11H12F3NO2. The summed E-state index contributed by atoms with van der Waals surface area (Å²) in [6.45, 7) is 0. The Labute approximate surface area is 96.0 Å². The third-order valence-electron chi connectivity index (χ3n) is 2.32. The monoisotopic (exact) mass is 247 g/mol. The zero-order valence-corrected chi connectivity index (χ0v) is 8.87. The molecule has 6 heteroatoms. The Hall–Kier alpha value is -1.56. The standard InChI is InChI=1S/C11H12F3NO2/c12-11(13,14)6-5-9(15)7-1-3-8(4-2-7)10(16)17/h1-4,9H,5-6,15H2,(H,16,17)/t9-/m0/s1. The smallest absolute Gasteiger partial charge is 0.389 e. The van der Waals surface area contributed by atoms with Gasteiger partial charge in [0, 0.05) is 12.5 Å². The van der Waals surface area contributed by atoms with Gasteiger partial charge in [0.1, 0.15) is 0 Å². The maximum absolute atomic E-state index is 12.0. The molecule has 0 radical (unpaired) electrons. The number of carboxylic acid groups (broad SMARTS) is 1. The van der Waals surface area contributed by atoms with Gasteiger partial charge in [0.2, 0.25) is 0 Å². The minimum absolute atomic E-state index is 0.0803. The van der Waals surface area contributed by atoms with Gasteiger partial charge in [0.15, 0.2) is 0 Å². The number of hydrogen-bond acceptors (Lipinski definition) is 2. The number of hydrogen-bond donors (Lipinski definition) is 2. The predicted octanol–water partition coefficient (Wildman–Crippen LogP) is 2.73. The van der Waals surface area contributed by atoms with Crippen LogP contribution in [0.25, 0.3) is 0 Å². The molecule has 0 fully saturated rings. The molecule has 0 spiro atoms. The van der Waals surface area contributed by atoms with Crippen LogP contribution in [-0.4, -0.2) is 17.3 Å². The molecule has 0 saturated heterocycles. The molecular weight excluding hydrogens is 235 g/mol. The van der Waals surface area contributed by atoms with Crippen LogP contribution < -0.4 is 5.73 Å². The molecule has 1 aromatic rings. The fraction of sp³-hybridized carbons (Fsp3) is 0.364. The first kappa shape index (κ1) is 13.5. The van der Waals surface area contributed by atoms with Crippen LogP contribution in [0.5, 0.6) is 0 Å². The first-order valence-corrected chi connectivity index (χ1v) is 4.95. The average Bonchev–Trinajstić information content (AvgIpc) is 2.25. The molecule has 0 unspecified atom stereocenters. The highest BCUT2D eigenvalue weighted by atomic mass is 19.4. The van der Waals surface area contributed by atoms with Crippen molar-refractivity contribution in [3.63, 3.8) is 0 Å². The second-order valence-corrected chi connectivity index (χ2v) is 3.69. The summed E-state index contributed by atoms with van der Waals surface area (Å²) in [5, 5.41) is 8.64. The number of halogens is 3. The number of carbonyl (C=O) groups is 1. The van der Waals surface area contributed by atoms with Gasteiger partial charge in [-0.05, 0) is 24.1 Å². The number of benzene rings is 1. The lowest BCUT2D eigenvalue weighted by atomic mass is 10.0. The van der Waals surface area contributed by atoms with Crippen LogP contribution in [0.15, 0.2) is 24.3 Å². The molecule has 0 aromatic heterocycles. The minimum Gasteiger partial charge on any atom is -0.478 e. The lowest BCUT2D eigenvalue weighted by molar-refractivity contribution is -0.136. The molecule has 0 heterocycles. The quantitative estimate of drug-likeness (QED) is 0.859. The van der Waals surface area contributed by atoms with Crippen molar-refractivity contribution >= 4 is 5.97 Å². The van der Waals surface area contributed by atoms with Crippen molar-refractivity contribution in [1.82, 2.24) is 0 Å². The van der Waals surface area contributed by atoms with E-state index in [1.807, 2.05) is 0 Å². The fourth-order valence-electron chi connectivity index (χ4n) is 1.36. The van der Waals surface area contributed by atoms with Gasteiger partial charge in [0.05, 0.1) is 5.56 Å². The van der Waals surface area contributed by atoms with E-state index in [1.165, 1.54) is 24.3 Å². The van der Waals surface area contributed by atoms with Crippen LogP contribution in [0.2, 0.25) is 0 Å². The van der Waals surface area contributed by atoms with Crippen molar-refractivity contribution < 1.29 is 23.1 Å². The highest BCUT2D eigenvalue weighted by Gasteiger charge is 2.27. The molecule has 1 rings (SSSR count). The van der Waals surface area contributed by atoms with Crippen LogP contribution in [0.1, 0.15) is 34.8 Å². The Morgan fingerprint density at radius 3 is 2.24 bits per heavy atom. The van der Waals surface area contributed by atoms with Crippen molar-refractivity contribution in [1.29, 1.82) is 0 Å². The third kappa shape index (κ3) is 4.44. The van der Waals surface area contributed by atoms with Gasteiger partial charge >= 0.3 is 12.1 Å². The van der Waals surface area contributed by atoms with Crippen molar-refractivity contribution in [3.8, 4) is 0 Å². The van der Waals surface area contributed by atoms with Gasteiger partial charge in [-0.3, -0.25) is 0 Å². The lowest BCUT2D eigenvalue weighted by Gasteiger charge is -2.13. The van der Waals surface area contributed by atoms with Crippen LogP contribution in [0.4, 0.5) is 13.2 Å². The Balaban J connectivity index is 2.63. The summed E-state index contributed by atoms with van der Waals surface area (Å²) >= 11 is 0. The maximum atomic E-state index is 12.0. The van der Waals surface area contributed by atoms with Crippen molar-refractivity contribution in [2.24, 2.45) is 5.73 Å². The second-order valence-electron chi connectivity index (χ2n) is 3.69.